The number of ketones is 1. The molecule has 6 bridgehead atoms. The molecule has 8 heterocycles. The van der Waals surface area contributed by atoms with Gasteiger partial charge in [-0.3, -0.25) is 4.79 Å². The van der Waals surface area contributed by atoms with Gasteiger partial charge in [0.2, 0.25) is 0 Å². The summed E-state index contributed by atoms with van der Waals surface area (Å²) in [6, 6.07) is 17.3. The minimum absolute atomic E-state index is 0.0475. The Morgan fingerprint density at radius 1 is 0.870 bits per heavy atom. The second kappa shape index (κ2) is 24.1. The first-order valence-electron chi connectivity index (χ1n) is 28.8. The Hall–Kier alpha value is -2.61. The van der Waals surface area contributed by atoms with Crippen molar-refractivity contribution in [2.75, 3.05) is 6.61 Å². The number of rotatable bonds is 23. The van der Waals surface area contributed by atoms with E-state index in [2.05, 4.69) is 90.6 Å². The Kier molecular flexibility index (Phi) is 18.5. The molecule has 3 unspecified atom stereocenters. The molecule has 19 atom stereocenters. The third-order valence-electron chi connectivity index (χ3n) is 18.6. The Balaban J connectivity index is 0.968. The van der Waals surface area contributed by atoms with Crippen LogP contribution in [0.25, 0.3) is 0 Å². The van der Waals surface area contributed by atoms with Gasteiger partial charge in [0.1, 0.15) is 41.9 Å². The maximum atomic E-state index is 15.7. The Morgan fingerprint density at radius 2 is 1.55 bits per heavy atom. The van der Waals surface area contributed by atoms with Crippen LogP contribution in [0.15, 0.2) is 88.8 Å². The number of benzene rings is 2. The van der Waals surface area contributed by atoms with Gasteiger partial charge in [0.05, 0.1) is 53.2 Å². The monoisotopic (exact) mass is 1170 g/mol. The fourth-order valence-electron chi connectivity index (χ4n) is 13.2. The van der Waals surface area contributed by atoms with Crippen molar-refractivity contribution in [2.24, 2.45) is 23.7 Å². The van der Waals surface area contributed by atoms with Crippen LogP contribution in [0.3, 0.4) is 0 Å². The largest absolute Gasteiger partial charge is 0.458 e. The molecule has 0 saturated carbocycles. The first-order valence-corrected chi connectivity index (χ1v) is 34.1. The number of carbonyl (C=O) groups is 2. The minimum atomic E-state index is -4.28. The normalized spacial score (nSPS) is 36.0. The van der Waals surface area contributed by atoms with Gasteiger partial charge in [-0.1, -0.05) is 127 Å². The molecule has 13 nitrogen and oxygen atoms in total. The second-order valence-electron chi connectivity index (χ2n) is 25.4. The lowest BCUT2D eigenvalue weighted by atomic mass is 9.78. The number of halogens is 1. The summed E-state index contributed by atoms with van der Waals surface area (Å²) in [4.78, 5) is 29.0. The highest BCUT2D eigenvalue weighted by Crippen LogP contribution is 2.55. The molecule has 0 aromatic heterocycles. The van der Waals surface area contributed by atoms with Gasteiger partial charge in [-0.25, -0.2) is 13.2 Å². The number of ether oxygens (including phenoxy) is 8. The molecule has 8 aliphatic heterocycles. The second-order valence-corrected chi connectivity index (χ2v) is 33.4. The molecule has 2 aromatic carbocycles. The van der Waals surface area contributed by atoms with Crippen LogP contribution in [0.2, 0.25) is 18.1 Å². The van der Waals surface area contributed by atoms with Crippen molar-refractivity contribution in [1.29, 1.82) is 0 Å². The number of hydrogen-bond acceptors (Lipinski definition) is 13. The third kappa shape index (κ3) is 12.9. The van der Waals surface area contributed by atoms with Crippen LogP contribution in [0, 0.1) is 23.7 Å². The lowest BCUT2D eigenvalue weighted by Gasteiger charge is -2.47. The quantitative estimate of drug-likeness (QED) is 0.0590. The van der Waals surface area contributed by atoms with Crippen molar-refractivity contribution in [3.8, 4) is 0 Å². The standard InChI is InChI=1S/C61H87BrO13SSi/c1-12-13-22-42-30-37(3)39(5)49(68-42)33-50-52(40(6)48(71-50)29-36(2)35-67-77(10,11)60(7,8)9)58(76(65,66)45-23-18-15-19-24-45)46(63)32-43-25-26-47-53(69-43)57-56-55(72-47)54-51(73-56)34-61(74-54,75-57)28-27-44(31-38(4)62)70-59(64)41-20-16-14-17-21-41/h14-21,23-24,36-37,40,42-44,47-58H,4-5,12-13,22,25-35H2,1-3,6-11H3/t36-,37+,40-,42-,43+,44-,47-,48+,49?,50-,51+,52?,53-,54-,55-,56+,57-,58?,61-/m0/s1. The molecule has 77 heavy (non-hydrogen) atoms. The van der Waals surface area contributed by atoms with Crippen molar-refractivity contribution in [1.82, 2.24) is 0 Å². The van der Waals surface area contributed by atoms with Crippen molar-refractivity contribution in [3.63, 3.8) is 0 Å². The molecule has 0 amide bonds. The van der Waals surface area contributed by atoms with Crippen LogP contribution in [0.1, 0.15) is 142 Å². The average Bonchev–Trinajstić information content (AvgIpc) is 3.99. The van der Waals surface area contributed by atoms with E-state index in [1.807, 2.05) is 6.07 Å². The van der Waals surface area contributed by atoms with Gasteiger partial charge in [-0.15, -0.1) is 0 Å². The van der Waals surface area contributed by atoms with E-state index in [9.17, 15) is 4.79 Å². The van der Waals surface area contributed by atoms with Crippen molar-refractivity contribution in [3.05, 3.63) is 89.4 Å². The summed E-state index contributed by atoms with van der Waals surface area (Å²) in [7, 11) is -6.34. The van der Waals surface area contributed by atoms with Gasteiger partial charge in [0.25, 0.3) is 0 Å². The molecule has 0 radical (unpaired) electrons. The zero-order chi connectivity index (χ0) is 55.2. The molecule has 16 heteroatoms. The van der Waals surface area contributed by atoms with Crippen molar-refractivity contribution < 1.29 is 60.3 Å². The smallest absolute Gasteiger partial charge is 0.338 e. The summed E-state index contributed by atoms with van der Waals surface area (Å²) in [6.07, 6.45) is 2.32. The highest BCUT2D eigenvalue weighted by atomic mass is 79.9. The fourth-order valence-corrected chi connectivity index (χ4v) is 16.8. The molecular formula is C61H87BrO13SSi. The highest BCUT2D eigenvalue weighted by Gasteiger charge is 2.69. The van der Waals surface area contributed by atoms with Crippen LogP contribution >= 0.6 is 15.9 Å². The molecule has 0 spiro atoms. The number of sulfone groups is 1. The van der Waals surface area contributed by atoms with Crippen LogP contribution in [-0.2, 0) is 57.0 Å². The highest BCUT2D eigenvalue weighted by molar-refractivity contribution is 9.11. The van der Waals surface area contributed by atoms with Gasteiger partial charge in [0, 0.05) is 44.6 Å². The van der Waals surface area contributed by atoms with Crippen molar-refractivity contribution in [2.45, 2.75) is 245 Å². The molecule has 8 fully saturated rings. The summed E-state index contributed by atoms with van der Waals surface area (Å²) < 4.78 is 93.0. The zero-order valence-corrected chi connectivity index (χ0v) is 50.5. The number of esters is 1. The minimum Gasteiger partial charge on any atom is -0.458 e. The molecule has 2 aromatic rings. The number of hydrogen-bond donors (Lipinski definition) is 0. The summed E-state index contributed by atoms with van der Waals surface area (Å²) in [5, 5.41) is -1.38. The van der Waals surface area contributed by atoms with Crippen LogP contribution in [0.5, 0.6) is 0 Å². The summed E-state index contributed by atoms with van der Waals surface area (Å²) in [5.41, 5.74) is 1.45. The Labute approximate surface area is 468 Å². The maximum absolute atomic E-state index is 15.7. The Bertz CT molecular complexity index is 2510. The summed E-state index contributed by atoms with van der Waals surface area (Å²) >= 11 is 3.49. The van der Waals surface area contributed by atoms with Crippen LogP contribution < -0.4 is 0 Å². The average molecular weight is 1170 g/mol. The lowest BCUT2D eigenvalue weighted by molar-refractivity contribution is -0.292. The van der Waals surface area contributed by atoms with E-state index in [1.165, 1.54) is 0 Å². The van der Waals surface area contributed by atoms with Crippen LogP contribution in [0.4, 0.5) is 0 Å². The predicted molar refractivity (Wildman–Crippen MR) is 301 cm³/mol. The number of fused-ring (bicyclic) bond motifs is 1. The van der Waals surface area contributed by atoms with Gasteiger partial charge < -0.3 is 42.3 Å². The van der Waals surface area contributed by atoms with Gasteiger partial charge in [0.15, 0.2) is 29.7 Å². The molecule has 10 rings (SSSR count). The van der Waals surface area contributed by atoms with E-state index in [0.29, 0.717) is 68.0 Å². The first kappa shape index (κ1) is 59.0. The fraction of sp³-hybridized carbons (Fsp3) is 0.705. The first-order chi connectivity index (χ1) is 36.5. The molecular weight excluding hydrogens is 1080 g/mol. The number of carbonyl (C=O) groups excluding carboxylic acids is 2. The van der Waals surface area contributed by atoms with E-state index < -0.39 is 83.5 Å². The van der Waals surface area contributed by atoms with Gasteiger partial charge in [-0.2, -0.15) is 0 Å². The van der Waals surface area contributed by atoms with Gasteiger partial charge >= 0.3 is 5.97 Å². The molecule has 8 saturated heterocycles. The third-order valence-corrected chi connectivity index (χ3v) is 25.6. The summed E-state index contributed by atoms with van der Waals surface area (Å²) in [5.74, 6) is -2.54. The number of Topliss-reactive ketones (excluding diaryl/α,β-unsaturated/α-hetero) is 1. The van der Waals surface area contributed by atoms with Crippen LogP contribution in [-0.4, -0.2) is 125 Å². The van der Waals surface area contributed by atoms with E-state index >= 15 is 13.2 Å². The lowest BCUT2D eigenvalue weighted by Crippen LogP contribution is -2.62. The van der Waals surface area contributed by atoms with E-state index in [0.717, 1.165) is 31.3 Å². The van der Waals surface area contributed by atoms with E-state index in [4.69, 9.17) is 42.3 Å². The topological polar surface area (TPSA) is 151 Å². The Morgan fingerprint density at radius 3 is 2.23 bits per heavy atom. The summed E-state index contributed by atoms with van der Waals surface area (Å²) in [6.45, 7) is 29.0. The molecule has 0 aliphatic carbocycles. The van der Waals surface area contributed by atoms with Crippen molar-refractivity contribution >= 4 is 45.8 Å². The van der Waals surface area contributed by atoms with Gasteiger partial charge in [-0.05, 0) is 109 Å². The SMILES string of the molecule is C=C(Br)C[C@H](CC[C@@]12C[C@H]3O[C@H]4[C@@H](O1)[C@H]1O[C@@H](CC(=O)C(C5[C@H](CC6O[C@@H](CCCC)C[C@@H](C)C6=C)O[C@H](C[C@H](C)CO[Si](C)(C)C(C)(C)C)[C@@H]5C)S(=O)(=O)c5ccccc5)CC[C@@H]1O[C@H]4[C@H]3O2)OC(=O)c1ccccc1. The predicted octanol–water partition coefficient (Wildman–Crippen LogP) is 12.1. The molecule has 0 N–H and O–H groups in total. The van der Waals surface area contributed by atoms with E-state index in [-0.39, 0.29) is 76.8 Å². The molecule has 8 aliphatic rings. The van der Waals surface area contributed by atoms with E-state index in [1.54, 1.807) is 54.6 Å². The molecule has 426 valence electrons. The zero-order valence-electron chi connectivity index (χ0n) is 47.1. The maximum Gasteiger partial charge on any atom is 0.338 e. The number of unbranched alkanes of at least 4 members (excludes halogenated alkanes) is 1.